The van der Waals surface area contributed by atoms with E-state index < -0.39 is 0 Å². The van der Waals surface area contributed by atoms with Crippen LogP contribution in [-0.2, 0) is 15.9 Å². The number of nitrogens with one attached hydrogen (secondary N) is 1. The molecule has 1 aliphatic rings. The van der Waals surface area contributed by atoms with Crippen molar-refractivity contribution in [2.75, 3.05) is 13.7 Å². The van der Waals surface area contributed by atoms with E-state index in [2.05, 4.69) is 28.7 Å². The zero-order chi connectivity index (χ0) is 13.0. The van der Waals surface area contributed by atoms with Crippen LogP contribution >= 0.6 is 0 Å². The highest BCUT2D eigenvalue weighted by molar-refractivity contribution is 4.90. The summed E-state index contributed by atoms with van der Waals surface area (Å²) in [5, 5.41) is 0. The van der Waals surface area contributed by atoms with Gasteiger partial charge < -0.3 is 14.5 Å². The molecule has 5 heteroatoms. The average Bonchev–Trinajstić information content (AvgIpc) is 2.89. The van der Waals surface area contributed by atoms with Crippen LogP contribution in [0.5, 0.6) is 0 Å². The van der Waals surface area contributed by atoms with Gasteiger partial charge in [-0.25, -0.2) is 9.88 Å². The van der Waals surface area contributed by atoms with Crippen molar-refractivity contribution in [3.8, 4) is 0 Å². The van der Waals surface area contributed by atoms with E-state index >= 15 is 0 Å². The van der Waals surface area contributed by atoms with Gasteiger partial charge in [0.1, 0.15) is 18.3 Å². The number of ether oxygens (including phenoxy) is 2. The summed E-state index contributed by atoms with van der Waals surface area (Å²) in [5.74, 6) is 1.01. The van der Waals surface area contributed by atoms with Crippen LogP contribution in [-0.4, -0.2) is 47.1 Å². The lowest BCUT2D eigenvalue weighted by Gasteiger charge is -2.28. The SMILES string of the molecule is CCCC(OC)N(CCc1ncc[nH]1)C1OC1C. The molecule has 0 aromatic carbocycles. The van der Waals surface area contributed by atoms with Crippen LogP contribution < -0.4 is 0 Å². The van der Waals surface area contributed by atoms with Gasteiger partial charge in [-0.15, -0.1) is 0 Å². The van der Waals surface area contributed by atoms with Crippen LogP contribution in [0, 0.1) is 0 Å². The van der Waals surface area contributed by atoms with Gasteiger partial charge in [-0.1, -0.05) is 13.3 Å². The number of methoxy groups -OCH3 is 1. The standard InChI is InChI=1S/C13H23N3O2/c1-4-5-12(17-3)16(13-10(2)18-13)9-6-11-14-7-8-15-11/h7-8,10,12-13H,4-6,9H2,1-3H3,(H,14,15). The Bertz CT molecular complexity index is 342. The maximum atomic E-state index is 5.59. The van der Waals surface area contributed by atoms with E-state index in [4.69, 9.17) is 9.47 Å². The van der Waals surface area contributed by atoms with E-state index in [0.29, 0.717) is 6.10 Å². The highest BCUT2D eigenvalue weighted by Crippen LogP contribution is 2.28. The van der Waals surface area contributed by atoms with Crippen molar-refractivity contribution in [1.29, 1.82) is 0 Å². The van der Waals surface area contributed by atoms with Gasteiger partial charge in [0.25, 0.3) is 0 Å². The molecule has 1 fully saturated rings. The second kappa shape index (κ2) is 6.31. The van der Waals surface area contributed by atoms with E-state index in [1.54, 1.807) is 13.3 Å². The summed E-state index contributed by atoms with van der Waals surface area (Å²) in [7, 11) is 1.77. The van der Waals surface area contributed by atoms with Gasteiger partial charge in [0, 0.05) is 32.5 Å². The molecule has 102 valence electrons. The summed E-state index contributed by atoms with van der Waals surface area (Å²) >= 11 is 0. The van der Waals surface area contributed by atoms with Crippen LogP contribution in [0.1, 0.15) is 32.5 Å². The number of nitrogens with zero attached hydrogens (tertiary/aromatic N) is 2. The molecule has 3 atom stereocenters. The molecule has 1 saturated heterocycles. The second-order valence-electron chi connectivity index (χ2n) is 4.73. The number of aromatic nitrogens is 2. The normalized spacial score (nSPS) is 24.4. The number of H-pyrrole nitrogens is 1. The summed E-state index contributed by atoms with van der Waals surface area (Å²) < 4.78 is 11.2. The molecule has 0 bridgehead atoms. The van der Waals surface area contributed by atoms with Gasteiger partial charge in [0.05, 0.1) is 6.10 Å². The van der Waals surface area contributed by atoms with Gasteiger partial charge in [-0.3, -0.25) is 0 Å². The molecule has 1 aromatic rings. The summed E-state index contributed by atoms with van der Waals surface area (Å²) in [6.07, 6.45) is 7.33. The molecule has 5 nitrogen and oxygen atoms in total. The third kappa shape index (κ3) is 3.31. The van der Waals surface area contributed by atoms with Crippen LogP contribution in [0.4, 0.5) is 0 Å². The molecular weight excluding hydrogens is 230 g/mol. The molecule has 2 rings (SSSR count). The third-order valence-electron chi connectivity index (χ3n) is 3.35. The number of epoxide rings is 1. The maximum Gasteiger partial charge on any atom is 0.139 e. The van der Waals surface area contributed by atoms with Crippen LogP contribution in [0.2, 0.25) is 0 Å². The number of hydrogen-bond donors (Lipinski definition) is 1. The summed E-state index contributed by atoms with van der Waals surface area (Å²) in [5.41, 5.74) is 0. The van der Waals surface area contributed by atoms with E-state index in [1.807, 2.05) is 6.20 Å². The van der Waals surface area contributed by atoms with Crippen molar-refractivity contribution in [1.82, 2.24) is 14.9 Å². The first-order chi connectivity index (χ1) is 8.76. The predicted molar refractivity (Wildman–Crippen MR) is 69.0 cm³/mol. The fourth-order valence-electron chi connectivity index (χ4n) is 2.29. The monoisotopic (exact) mass is 253 g/mol. The molecule has 0 spiro atoms. The molecule has 3 unspecified atom stereocenters. The molecule has 1 N–H and O–H groups in total. The molecule has 0 amide bonds. The number of hydrogen-bond acceptors (Lipinski definition) is 4. The van der Waals surface area contributed by atoms with Crippen LogP contribution in [0.25, 0.3) is 0 Å². The number of rotatable bonds is 8. The number of imidazole rings is 1. The van der Waals surface area contributed by atoms with Gasteiger partial charge in [-0.05, 0) is 13.3 Å². The van der Waals surface area contributed by atoms with Gasteiger partial charge in [0.2, 0.25) is 0 Å². The zero-order valence-electron chi connectivity index (χ0n) is 11.4. The molecule has 0 saturated carbocycles. The Hall–Kier alpha value is -0.910. The van der Waals surface area contributed by atoms with Crippen LogP contribution in [0.15, 0.2) is 12.4 Å². The quantitative estimate of drug-likeness (QED) is 0.566. The third-order valence-corrected chi connectivity index (χ3v) is 3.35. The molecule has 0 radical (unpaired) electrons. The Morgan fingerprint density at radius 2 is 2.39 bits per heavy atom. The van der Waals surface area contributed by atoms with Gasteiger partial charge in [0.15, 0.2) is 0 Å². The predicted octanol–water partition coefficient (Wildman–Crippen LogP) is 1.77. The Balaban J connectivity index is 1.92. The molecule has 2 heterocycles. The van der Waals surface area contributed by atoms with Crippen molar-refractivity contribution in [2.24, 2.45) is 0 Å². The van der Waals surface area contributed by atoms with Crippen molar-refractivity contribution in [2.45, 2.75) is 51.7 Å². The highest BCUT2D eigenvalue weighted by atomic mass is 16.6. The summed E-state index contributed by atoms with van der Waals surface area (Å²) in [6.45, 7) is 5.18. The van der Waals surface area contributed by atoms with Crippen molar-refractivity contribution < 1.29 is 9.47 Å². The van der Waals surface area contributed by atoms with E-state index in [9.17, 15) is 0 Å². The molecule has 18 heavy (non-hydrogen) atoms. The summed E-state index contributed by atoms with van der Waals surface area (Å²) in [4.78, 5) is 9.69. The first kappa shape index (κ1) is 13.5. The first-order valence-electron chi connectivity index (χ1n) is 6.68. The summed E-state index contributed by atoms with van der Waals surface area (Å²) in [6, 6.07) is 0. The lowest BCUT2D eigenvalue weighted by molar-refractivity contribution is -0.0594. The Kier molecular flexibility index (Phi) is 4.74. The second-order valence-corrected chi connectivity index (χ2v) is 4.73. The topological polar surface area (TPSA) is 53.7 Å². The fraction of sp³-hybridized carbons (Fsp3) is 0.769. The lowest BCUT2D eigenvalue weighted by atomic mass is 10.2. The molecule has 0 aliphatic carbocycles. The highest BCUT2D eigenvalue weighted by Gasteiger charge is 2.42. The number of aromatic amines is 1. The average molecular weight is 253 g/mol. The van der Waals surface area contributed by atoms with Gasteiger partial charge in [-0.2, -0.15) is 0 Å². The Morgan fingerprint density at radius 3 is 2.89 bits per heavy atom. The Morgan fingerprint density at radius 1 is 1.61 bits per heavy atom. The Labute approximate surface area is 108 Å². The minimum absolute atomic E-state index is 0.139. The van der Waals surface area contributed by atoms with E-state index in [0.717, 1.165) is 31.6 Å². The first-order valence-corrected chi connectivity index (χ1v) is 6.68. The lowest BCUT2D eigenvalue weighted by Crippen LogP contribution is -2.41. The van der Waals surface area contributed by atoms with E-state index in [-0.39, 0.29) is 12.5 Å². The molecule has 1 aliphatic heterocycles. The van der Waals surface area contributed by atoms with Crippen molar-refractivity contribution in [3.05, 3.63) is 18.2 Å². The smallest absolute Gasteiger partial charge is 0.139 e. The minimum atomic E-state index is 0.139. The van der Waals surface area contributed by atoms with Gasteiger partial charge >= 0.3 is 0 Å². The zero-order valence-corrected chi connectivity index (χ0v) is 11.4. The largest absolute Gasteiger partial charge is 0.366 e. The molecular formula is C13H23N3O2. The van der Waals surface area contributed by atoms with Crippen LogP contribution in [0.3, 0.4) is 0 Å². The van der Waals surface area contributed by atoms with E-state index in [1.165, 1.54) is 0 Å². The van der Waals surface area contributed by atoms with Crippen molar-refractivity contribution >= 4 is 0 Å². The maximum absolute atomic E-state index is 5.59. The van der Waals surface area contributed by atoms with Crippen molar-refractivity contribution in [3.63, 3.8) is 0 Å². The molecule has 1 aromatic heterocycles. The fourth-order valence-corrected chi connectivity index (χ4v) is 2.29. The minimum Gasteiger partial charge on any atom is -0.366 e.